The summed E-state index contributed by atoms with van der Waals surface area (Å²) in [4.78, 5) is 0.226. The molecule has 4 rings (SSSR count). The number of sulfonamides is 1. The molecule has 0 unspecified atom stereocenters. The molecule has 1 heterocycles. The average molecular weight is 410 g/mol. The summed E-state index contributed by atoms with van der Waals surface area (Å²) in [5.41, 5.74) is 1.16. The van der Waals surface area contributed by atoms with Crippen molar-refractivity contribution in [3.8, 4) is 17.2 Å². The maximum absolute atomic E-state index is 12.8. The molecule has 1 aliphatic heterocycles. The molecule has 0 saturated carbocycles. The second-order valence-electron chi connectivity index (χ2n) is 7.68. The molecule has 3 aromatic carbocycles. The Balaban J connectivity index is 1.49. The Morgan fingerprint density at radius 1 is 0.931 bits per heavy atom. The van der Waals surface area contributed by atoms with Gasteiger partial charge in [0.2, 0.25) is 0 Å². The summed E-state index contributed by atoms with van der Waals surface area (Å²) in [7, 11) is -3.69. The van der Waals surface area contributed by atoms with E-state index in [1.165, 1.54) is 0 Å². The van der Waals surface area contributed by atoms with Crippen LogP contribution >= 0.6 is 0 Å². The van der Waals surface area contributed by atoms with Crippen molar-refractivity contribution in [2.45, 2.75) is 37.2 Å². The lowest BCUT2D eigenvalue weighted by Gasteiger charge is -2.32. The van der Waals surface area contributed by atoms with E-state index in [4.69, 9.17) is 9.47 Å². The highest BCUT2D eigenvalue weighted by molar-refractivity contribution is 7.92. The minimum absolute atomic E-state index is 0.226. The molecule has 0 bridgehead atoms. The number of anilines is 1. The number of hydrogen-bond acceptors (Lipinski definition) is 4. The van der Waals surface area contributed by atoms with E-state index in [-0.39, 0.29) is 10.5 Å². The first kappa shape index (κ1) is 19.3. The van der Waals surface area contributed by atoms with Crippen LogP contribution in [0.5, 0.6) is 17.2 Å². The standard InChI is InChI=1S/C23H23NO4S/c1-23(2)15-14-17-16-21(12-13-22(17)28-23)29(25,26)24-18-8-10-20(11-9-18)27-19-6-4-3-5-7-19/h3-13,16,24H,14-15H2,1-2H3. The molecule has 1 aliphatic rings. The fourth-order valence-corrected chi connectivity index (χ4v) is 4.34. The van der Waals surface area contributed by atoms with Crippen molar-refractivity contribution in [2.75, 3.05) is 4.72 Å². The van der Waals surface area contributed by atoms with E-state index in [2.05, 4.69) is 4.72 Å². The number of ether oxygens (including phenoxy) is 2. The van der Waals surface area contributed by atoms with Crippen LogP contribution in [0.1, 0.15) is 25.8 Å². The topological polar surface area (TPSA) is 64.6 Å². The van der Waals surface area contributed by atoms with Gasteiger partial charge in [0.15, 0.2) is 0 Å². The largest absolute Gasteiger partial charge is 0.488 e. The van der Waals surface area contributed by atoms with Crippen LogP contribution in [0, 0.1) is 0 Å². The first-order chi connectivity index (χ1) is 13.8. The van der Waals surface area contributed by atoms with Crippen molar-refractivity contribution < 1.29 is 17.9 Å². The lowest BCUT2D eigenvalue weighted by Crippen LogP contribution is -2.32. The van der Waals surface area contributed by atoms with Crippen LogP contribution in [0.25, 0.3) is 0 Å². The molecule has 6 heteroatoms. The van der Waals surface area contributed by atoms with Gasteiger partial charge in [-0.15, -0.1) is 0 Å². The van der Waals surface area contributed by atoms with Gasteiger partial charge in [-0.3, -0.25) is 4.72 Å². The normalized spacial score (nSPS) is 15.1. The van der Waals surface area contributed by atoms with Gasteiger partial charge in [-0.05, 0) is 86.8 Å². The van der Waals surface area contributed by atoms with E-state index in [9.17, 15) is 8.42 Å². The third-order valence-electron chi connectivity index (χ3n) is 4.81. The van der Waals surface area contributed by atoms with Gasteiger partial charge in [-0.1, -0.05) is 18.2 Å². The zero-order valence-corrected chi connectivity index (χ0v) is 17.2. The molecule has 1 N–H and O–H groups in total. The van der Waals surface area contributed by atoms with Crippen molar-refractivity contribution in [3.63, 3.8) is 0 Å². The van der Waals surface area contributed by atoms with E-state index in [0.29, 0.717) is 11.4 Å². The van der Waals surface area contributed by atoms with E-state index in [1.54, 1.807) is 42.5 Å². The maximum Gasteiger partial charge on any atom is 0.261 e. The molecule has 0 spiro atoms. The van der Waals surface area contributed by atoms with Gasteiger partial charge in [-0.25, -0.2) is 8.42 Å². The molecule has 0 saturated heterocycles. The average Bonchev–Trinajstić information content (AvgIpc) is 2.69. The monoisotopic (exact) mass is 409 g/mol. The van der Waals surface area contributed by atoms with Crippen molar-refractivity contribution in [1.82, 2.24) is 0 Å². The summed E-state index contributed by atoms with van der Waals surface area (Å²) in [5, 5.41) is 0. The van der Waals surface area contributed by atoms with Crippen molar-refractivity contribution in [2.24, 2.45) is 0 Å². The summed E-state index contributed by atoms with van der Waals surface area (Å²) >= 11 is 0. The molecular weight excluding hydrogens is 386 g/mol. The third kappa shape index (κ3) is 4.54. The van der Waals surface area contributed by atoms with Crippen LogP contribution < -0.4 is 14.2 Å². The van der Waals surface area contributed by atoms with Crippen LogP contribution in [-0.2, 0) is 16.4 Å². The Bertz CT molecular complexity index is 1110. The zero-order valence-electron chi connectivity index (χ0n) is 16.4. The van der Waals surface area contributed by atoms with Crippen LogP contribution in [0.2, 0.25) is 0 Å². The lowest BCUT2D eigenvalue weighted by atomic mass is 9.94. The van der Waals surface area contributed by atoms with E-state index >= 15 is 0 Å². The van der Waals surface area contributed by atoms with Crippen LogP contribution in [0.4, 0.5) is 5.69 Å². The second-order valence-corrected chi connectivity index (χ2v) is 9.36. The number of aryl methyl sites for hydroxylation is 1. The highest BCUT2D eigenvalue weighted by Crippen LogP contribution is 2.34. The molecule has 0 fully saturated rings. The van der Waals surface area contributed by atoms with Gasteiger partial charge in [0.05, 0.1) is 4.90 Å². The second kappa shape index (κ2) is 7.44. The molecule has 150 valence electrons. The number of para-hydroxylation sites is 1. The molecule has 0 atom stereocenters. The van der Waals surface area contributed by atoms with Crippen molar-refractivity contribution in [3.05, 3.63) is 78.4 Å². The maximum atomic E-state index is 12.8. The minimum Gasteiger partial charge on any atom is -0.488 e. The Morgan fingerprint density at radius 2 is 1.62 bits per heavy atom. The zero-order chi connectivity index (χ0) is 20.5. The van der Waals surface area contributed by atoms with E-state index in [1.807, 2.05) is 44.2 Å². The van der Waals surface area contributed by atoms with Gasteiger partial charge >= 0.3 is 0 Å². The van der Waals surface area contributed by atoms with E-state index in [0.717, 1.165) is 29.9 Å². The predicted octanol–water partition coefficient (Wildman–Crippen LogP) is 5.38. The Morgan fingerprint density at radius 3 is 2.34 bits per heavy atom. The smallest absolute Gasteiger partial charge is 0.261 e. The first-order valence-electron chi connectivity index (χ1n) is 9.49. The van der Waals surface area contributed by atoms with Crippen LogP contribution in [-0.4, -0.2) is 14.0 Å². The minimum atomic E-state index is -3.69. The summed E-state index contributed by atoms with van der Waals surface area (Å²) < 4.78 is 39.9. The van der Waals surface area contributed by atoms with Crippen molar-refractivity contribution >= 4 is 15.7 Å². The van der Waals surface area contributed by atoms with Gasteiger partial charge in [0.1, 0.15) is 22.8 Å². The lowest BCUT2D eigenvalue weighted by molar-refractivity contribution is 0.0845. The molecule has 5 nitrogen and oxygen atoms in total. The fraction of sp³-hybridized carbons (Fsp3) is 0.217. The van der Waals surface area contributed by atoms with Crippen LogP contribution in [0.15, 0.2) is 77.7 Å². The summed E-state index contributed by atoms with van der Waals surface area (Å²) in [6.07, 6.45) is 1.64. The van der Waals surface area contributed by atoms with Crippen LogP contribution in [0.3, 0.4) is 0 Å². The van der Waals surface area contributed by atoms with Gasteiger partial charge in [-0.2, -0.15) is 0 Å². The molecule has 3 aromatic rings. The third-order valence-corrected chi connectivity index (χ3v) is 6.19. The fourth-order valence-electron chi connectivity index (χ4n) is 3.23. The molecule has 0 radical (unpaired) electrons. The van der Waals surface area contributed by atoms with Crippen molar-refractivity contribution in [1.29, 1.82) is 0 Å². The number of fused-ring (bicyclic) bond motifs is 1. The number of nitrogens with one attached hydrogen (secondary N) is 1. The number of hydrogen-bond donors (Lipinski definition) is 1. The summed E-state index contributed by atoms with van der Waals surface area (Å²) in [5.74, 6) is 2.11. The van der Waals surface area contributed by atoms with E-state index < -0.39 is 10.0 Å². The summed E-state index contributed by atoms with van der Waals surface area (Å²) in [6.45, 7) is 4.07. The molecule has 0 aromatic heterocycles. The van der Waals surface area contributed by atoms with Gasteiger partial charge < -0.3 is 9.47 Å². The van der Waals surface area contributed by atoms with Gasteiger partial charge in [0, 0.05) is 5.69 Å². The molecule has 0 amide bonds. The number of benzene rings is 3. The SMILES string of the molecule is CC1(C)CCc2cc(S(=O)(=O)Nc3ccc(Oc4ccccc4)cc3)ccc2O1. The molecular formula is C23H23NO4S. The Kier molecular flexibility index (Phi) is 4.96. The molecule has 29 heavy (non-hydrogen) atoms. The molecule has 0 aliphatic carbocycles. The highest BCUT2D eigenvalue weighted by Gasteiger charge is 2.27. The first-order valence-corrected chi connectivity index (χ1v) is 11.0. The van der Waals surface area contributed by atoms with Gasteiger partial charge in [0.25, 0.3) is 10.0 Å². The highest BCUT2D eigenvalue weighted by atomic mass is 32.2. The number of rotatable bonds is 5. The quantitative estimate of drug-likeness (QED) is 0.614. The Labute approximate surface area is 171 Å². The summed E-state index contributed by atoms with van der Waals surface area (Å²) in [6, 6.07) is 21.2. The Hall–Kier alpha value is -2.99. The predicted molar refractivity (Wildman–Crippen MR) is 113 cm³/mol.